The van der Waals surface area contributed by atoms with Crippen LogP contribution in [0.1, 0.15) is 24.8 Å². The van der Waals surface area contributed by atoms with Crippen molar-refractivity contribution in [3.8, 4) is 0 Å². The standard InChI is InChI=1S/C14H19NO3S/c1-2-19-9-8-13(16)15-10-12(14(17)18)11-6-4-3-5-7-11/h3-7,12H,2,8-10H2,1H3,(H,15,16)(H,17,18). The van der Waals surface area contributed by atoms with E-state index >= 15 is 0 Å². The van der Waals surface area contributed by atoms with E-state index < -0.39 is 11.9 Å². The van der Waals surface area contributed by atoms with Crippen LogP contribution >= 0.6 is 11.8 Å². The number of hydrogen-bond acceptors (Lipinski definition) is 3. The van der Waals surface area contributed by atoms with Gasteiger partial charge in [0.1, 0.15) is 0 Å². The molecule has 19 heavy (non-hydrogen) atoms. The zero-order valence-electron chi connectivity index (χ0n) is 11.0. The number of nitrogens with one attached hydrogen (secondary N) is 1. The molecule has 0 saturated heterocycles. The summed E-state index contributed by atoms with van der Waals surface area (Å²) in [5, 5.41) is 11.9. The predicted molar refractivity (Wildman–Crippen MR) is 77.4 cm³/mol. The Labute approximate surface area is 117 Å². The van der Waals surface area contributed by atoms with Gasteiger partial charge in [-0.1, -0.05) is 37.3 Å². The first-order valence-corrected chi connectivity index (χ1v) is 7.42. The van der Waals surface area contributed by atoms with E-state index in [0.29, 0.717) is 12.0 Å². The summed E-state index contributed by atoms with van der Waals surface area (Å²) in [5.74, 6) is 0.0435. The maximum Gasteiger partial charge on any atom is 0.312 e. The molecule has 5 heteroatoms. The van der Waals surface area contributed by atoms with Crippen molar-refractivity contribution in [1.82, 2.24) is 5.32 Å². The second kappa shape index (κ2) is 8.58. The molecule has 0 radical (unpaired) electrons. The molecule has 0 aliphatic carbocycles. The van der Waals surface area contributed by atoms with Crippen LogP contribution in [0, 0.1) is 0 Å². The van der Waals surface area contributed by atoms with Gasteiger partial charge in [0, 0.05) is 18.7 Å². The third-order valence-electron chi connectivity index (χ3n) is 2.68. The Bertz CT molecular complexity index is 408. The first-order valence-electron chi connectivity index (χ1n) is 6.27. The van der Waals surface area contributed by atoms with Crippen molar-refractivity contribution in [2.24, 2.45) is 0 Å². The Kier molecular flexibility index (Phi) is 7.03. The molecule has 0 aromatic heterocycles. The van der Waals surface area contributed by atoms with E-state index in [-0.39, 0.29) is 12.5 Å². The van der Waals surface area contributed by atoms with E-state index in [9.17, 15) is 14.7 Å². The number of benzene rings is 1. The fraction of sp³-hybridized carbons (Fsp3) is 0.429. The van der Waals surface area contributed by atoms with E-state index in [1.165, 1.54) is 0 Å². The van der Waals surface area contributed by atoms with E-state index in [0.717, 1.165) is 11.5 Å². The van der Waals surface area contributed by atoms with E-state index in [2.05, 4.69) is 5.32 Å². The molecule has 2 N–H and O–H groups in total. The van der Waals surface area contributed by atoms with Crippen molar-refractivity contribution in [2.75, 3.05) is 18.1 Å². The van der Waals surface area contributed by atoms with Crippen LogP contribution in [0.2, 0.25) is 0 Å². The summed E-state index contributed by atoms with van der Waals surface area (Å²) in [7, 11) is 0. The average Bonchev–Trinajstić information content (AvgIpc) is 2.40. The van der Waals surface area contributed by atoms with Crippen molar-refractivity contribution < 1.29 is 14.7 Å². The molecule has 0 heterocycles. The van der Waals surface area contributed by atoms with Crippen molar-refractivity contribution in [1.29, 1.82) is 0 Å². The van der Waals surface area contributed by atoms with Crippen molar-refractivity contribution in [3.05, 3.63) is 35.9 Å². The molecule has 1 unspecified atom stereocenters. The Morgan fingerprint density at radius 1 is 1.32 bits per heavy atom. The zero-order chi connectivity index (χ0) is 14.1. The zero-order valence-corrected chi connectivity index (χ0v) is 11.8. The Balaban J connectivity index is 2.47. The van der Waals surface area contributed by atoms with Gasteiger partial charge in [-0.15, -0.1) is 0 Å². The van der Waals surface area contributed by atoms with Gasteiger partial charge in [-0.2, -0.15) is 11.8 Å². The highest BCUT2D eigenvalue weighted by atomic mass is 32.2. The maximum atomic E-state index is 11.6. The minimum atomic E-state index is -0.922. The fourth-order valence-corrected chi connectivity index (χ4v) is 2.26. The summed E-state index contributed by atoms with van der Waals surface area (Å²) >= 11 is 1.70. The molecular formula is C14H19NO3S. The van der Waals surface area contributed by atoms with E-state index in [4.69, 9.17) is 0 Å². The number of rotatable bonds is 8. The van der Waals surface area contributed by atoms with Gasteiger partial charge in [-0.25, -0.2) is 0 Å². The molecule has 0 spiro atoms. The van der Waals surface area contributed by atoms with Crippen LogP contribution in [0.25, 0.3) is 0 Å². The summed E-state index contributed by atoms with van der Waals surface area (Å²) in [6.45, 7) is 2.17. The molecule has 1 rings (SSSR count). The maximum absolute atomic E-state index is 11.6. The number of carbonyl (C=O) groups is 2. The lowest BCUT2D eigenvalue weighted by Crippen LogP contribution is -2.31. The lowest BCUT2D eigenvalue weighted by Gasteiger charge is -2.13. The van der Waals surface area contributed by atoms with E-state index in [1.807, 2.05) is 13.0 Å². The van der Waals surface area contributed by atoms with Crippen LogP contribution in [-0.2, 0) is 9.59 Å². The first-order chi connectivity index (χ1) is 9.15. The summed E-state index contributed by atoms with van der Waals surface area (Å²) in [6.07, 6.45) is 0.430. The van der Waals surface area contributed by atoms with Gasteiger partial charge in [-0.3, -0.25) is 9.59 Å². The van der Waals surface area contributed by atoms with E-state index in [1.54, 1.807) is 36.0 Å². The number of hydrogen-bond donors (Lipinski definition) is 2. The summed E-state index contributed by atoms with van der Waals surface area (Å²) in [5.41, 5.74) is 0.707. The number of thioether (sulfide) groups is 1. The number of aliphatic carboxylic acids is 1. The van der Waals surface area contributed by atoms with Crippen LogP contribution in [0.15, 0.2) is 30.3 Å². The molecule has 0 aliphatic rings. The number of amides is 1. The average molecular weight is 281 g/mol. The molecule has 4 nitrogen and oxygen atoms in total. The Morgan fingerprint density at radius 2 is 2.00 bits per heavy atom. The summed E-state index contributed by atoms with van der Waals surface area (Å²) in [4.78, 5) is 22.8. The van der Waals surface area contributed by atoms with Gasteiger partial charge < -0.3 is 10.4 Å². The lowest BCUT2D eigenvalue weighted by molar-refractivity contribution is -0.138. The quantitative estimate of drug-likeness (QED) is 0.716. The Hall–Kier alpha value is -1.49. The third-order valence-corrected chi connectivity index (χ3v) is 3.58. The van der Waals surface area contributed by atoms with Gasteiger partial charge in [-0.05, 0) is 11.3 Å². The SMILES string of the molecule is CCSCCC(=O)NCC(C(=O)O)c1ccccc1. The van der Waals surface area contributed by atoms with Crippen LogP contribution in [0.3, 0.4) is 0 Å². The molecule has 0 bridgehead atoms. The molecule has 1 aromatic carbocycles. The minimum absolute atomic E-state index is 0.0943. The normalized spacial score (nSPS) is 11.8. The highest BCUT2D eigenvalue weighted by molar-refractivity contribution is 7.99. The minimum Gasteiger partial charge on any atom is -0.481 e. The van der Waals surface area contributed by atoms with Crippen molar-refractivity contribution in [3.63, 3.8) is 0 Å². The van der Waals surface area contributed by atoms with Gasteiger partial charge in [0.25, 0.3) is 0 Å². The fourth-order valence-electron chi connectivity index (χ4n) is 1.65. The molecular weight excluding hydrogens is 262 g/mol. The summed E-state index contributed by atoms with van der Waals surface area (Å²) in [6, 6.07) is 8.95. The van der Waals surface area contributed by atoms with Gasteiger partial charge >= 0.3 is 5.97 Å². The van der Waals surface area contributed by atoms with Crippen LogP contribution < -0.4 is 5.32 Å². The highest BCUT2D eigenvalue weighted by Gasteiger charge is 2.20. The summed E-state index contributed by atoms with van der Waals surface area (Å²) < 4.78 is 0. The largest absolute Gasteiger partial charge is 0.481 e. The number of carboxylic acid groups (broad SMARTS) is 1. The molecule has 0 fully saturated rings. The third kappa shape index (κ3) is 5.79. The van der Waals surface area contributed by atoms with Crippen molar-refractivity contribution in [2.45, 2.75) is 19.3 Å². The number of carboxylic acids is 1. The second-order valence-electron chi connectivity index (χ2n) is 4.05. The lowest BCUT2D eigenvalue weighted by atomic mass is 9.99. The second-order valence-corrected chi connectivity index (χ2v) is 5.45. The smallest absolute Gasteiger partial charge is 0.312 e. The topological polar surface area (TPSA) is 66.4 Å². The molecule has 0 saturated carbocycles. The van der Waals surface area contributed by atoms with Gasteiger partial charge in [0.05, 0.1) is 5.92 Å². The molecule has 104 valence electrons. The Morgan fingerprint density at radius 3 is 2.58 bits per heavy atom. The van der Waals surface area contributed by atoms with Gasteiger partial charge in [0.2, 0.25) is 5.91 Å². The molecule has 0 aliphatic heterocycles. The first kappa shape index (κ1) is 15.6. The monoisotopic (exact) mass is 281 g/mol. The predicted octanol–water partition coefficient (Wildman–Crippen LogP) is 2.11. The van der Waals surface area contributed by atoms with Crippen molar-refractivity contribution >= 4 is 23.6 Å². The molecule has 1 amide bonds. The highest BCUT2D eigenvalue weighted by Crippen LogP contribution is 2.14. The number of carbonyl (C=O) groups excluding carboxylic acids is 1. The van der Waals surface area contributed by atoms with Crippen LogP contribution in [0.4, 0.5) is 0 Å². The molecule has 1 atom stereocenters. The molecule has 1 aromatic rings. The van der Waals surface area contributed by atoms with Gasteiger partial charge in [0.15, 0.2) is 0 Å². The van der Waals surface area contributed by atoms with Crippen LogP contribution in [0.5, 0.6) is 0 Å². The van der Waals surface area contributed by atoms with Crippen LogP contribution in [-0.4, -0.2) is 35.0 Å².